The Labute approximate surface area is 103 Å². The van der Waals surface area contributed by atoms with Crippen molar-refractivity contribution in [2.75, 3.05) is 5.32 Å². The van der Waals surface area contributed by atoms with Gasteiger partial charge in [0.25, 0.3) is 0 Å². The van der Waals surface area contributed by atoms with E-state index in [1.165, 1.54) is 0 Å². The van der Waals surface area contributed by atoms with Crippen LogP contribution < -0.4 is 11.1 Å². The second-order valence-corrected chi connectivity index (χ2v) is 5.41. The van der Waals surface area contributed by atoms with Gasteiger partial charge in [0.05, 0.1) is 11.9 Å². The molecule has 0 aliphatic carbocycles. The zero-order valence-electron chi connectivity index (χ0n) is 10.9. The van der Waals surface area contributed by atoms with Crippen molar-refractivity contribution in [3.8, 4) is 0 Å². The number of nitrogens with zero attached hydrogens (tertiary/aromatic N) is 1. The van der Waals surface area contributed by atoms with Gasteiger partial charge in [-0.3, -0.25) is 9.78 Å². The maximum atomic E-state index is 11.7. The third-order valence-electron chi connectivity index (χ3n) is 2.71. The highest BCUT2D eigenvalue weighted by atomic mass is 16.1. The lowest BCUT2D eigenvalue weighted by atomic mass is 9.85. The van der Waals surface area contributed by atoms with Crippen LogP contribution in [-0.4, -0.2) is 16.9 Å². The molecule has 17 heavy (non-hydrogen) atoms. The van der Waals surface area contributed by atoms with Gasteiger partial charge in [0.2, 0.25) is 5.91 Å². The van der Waals surface area contributed by atoms with E-state index < -0.39 is 0 Å². The highest BCUT2D eigenvalue weighted by Crippen LogP contribution is 2.20. The molecular formula is C13H21N3O. The summed E-state index contributed by atoms with van der Waals surface area (Å²) >= 11 is 0. The summed E-state index contributed by atoms with van der Waals surface area (Å²) in [5.74, 6) is -0.0712. The number of nitrogens with one attached hydrogen (secondary N) is 1. The quantitative estimate of drug-likeness (QED) is 0.843. The molecule has 1 heterocycles. The summed E-state index contributed by atoms with van der Waals surface area (Å²) in [6.07, 6.45) is 1.97. The van der Waals surface area contributed by atoms with E-state index in [-0.39, 0.29) is 17.4 Å². The van der Waals surface area contributed by atoms with Crippen LogP contribution in [-0.2, 0) is 4.79 Å². The highest BCUT2D eigenvalue weighted by molar-refractivity contribution is 5.90. The fourth-order valence-electron chi connectivity index (χ4n) is 1.26. The molecule has 0 aromatic carbocycles. The Morgan fingerprint density at radius 1 is 1.47 bits per heavy atom. The van der Waals surface area contributed by atoms with Crippen molar-refractivity contribution < 1.29 is 4.79 Å². The number of hydrogen-bond donors (Lipinski definition) is 2. The molecule has 1 atom stereocenters. The van der Waals surface area contributed by atoms with Crippen molar-refractivity contribution in [2.45, 2.75) is 40.2 Å². The molecule has 4 heteroatoms. The molecule has 0 saturated heterocycles. The Balaban J connectivity index is 2.53. The Kier molecular flexibility index (Phi) is 4.23. The number of aromatic nitrogens is 1. The molecular weight excluding hydrogens is 214 g/mol. The zero-order valence-corrected chi connectivity index (χ0v) is 10.9. The van der Waals surface area contributed by atoms with Gasteiger partial charge in [0, 0.05) is 18.2 Å². The fourth-order valence-corrected chi connectivity index (χ4v) is 1.26. The monoisotopic (exact) mass is 235 g/mol. The molecule has 0 fully saturated rings. The van der Waals surface area contributed by atoms with Gasteiger partial charge in [-0.05, 0) is 24.5 Å². The number of rotatable bonds is 3. The van der Waals surface area contributed by atoms with Crippen molar-refractivity contribution in [3.05, 3.63) is 24.0 Å². The van der Waals surface area contributed by atoms with Gasteiger partial charge < -0.3 is 11.1 Å². The molecule has 1 rings (SSSR count). The topological polar surface area (TPSA) is 68.0 Å². The summed E-state index contributed by atoms with van der Waals surface area (Å²) in [6.45, 7) is 7.98. The SMILES string of the molecule is Cc1ccc(NC(=O)CC(N)C(C)(C)C)cn1. The molecule has 0 radical (unpaired) electrons. The first-order valence-corrected chi connectivity index (χ1v) is 5.77. The third-order valence-corrected chi connectivity index (χ3v) is 2.71. The molecule has 3 N–H and O–H groups in total. The molecule has 0 aliphatic rings. The molecule has 4 nitrogen and oxygen atoms in total. The number of pyridine rings is 1. The van der Waals surface area contributed by atoms with E-state index in [2.05, 4.69) is 10.3 Å². The minimum atomic E-state index is -0.152. The summed E-state index contributed by atoms with van der Waals surface area (Å²) in [7, 11) is 0. The second-order valence-electron chi connectivity index (χ2n) is 5.41. The first-order valence-electron chi connectivity index (χ1n) is 5.77. The summed E-state index contributed by atoms with van der Waals surface area (Å²) in [5, 5.41) is 2.79. The number of anilines is 1. The Bertz CT molecular complexity index is 379. The Hall–Kier alpha value is -1.42. The number of hydrogen-bond acceptors (Lipinski definition) is 3. The van der Waals surface area contributed by atoms with Crippen LogP contribution >= 0.6 is 0 Å². The van der Waals surface area contributed by atoms with Gasteiger partial charge in [0.15, 0.2) is 0 Å². The maximum absolute atomic E-state index is 11.7. The highest BCUT2D eigenvalue weighted by Gasteiger charge is 2.23. The number of aryl methyl sites for hydroxylation is 1. The van der Waals surface area contributed by atoms with Gasteiger partial charge in [-0.1, -0.05) is 20.8 Å². The van der Waals surface area contributed by atoms with Crippen molar-refractivity contribution in [1.82, 2.24) is 4.98 Å². The van der Waals surface area contributed by atoms with Crippen LogP contribution in [0.15, 0.2) is 18.3 Å². The van der Waals surface area contributed by atoms with E-state index >= 15 is 0 Å². The number of carbonyl (C=O) groups is 1. The minimum Gasteiger partial charge on any atom is -0.327 e. The lowest BCUT2D eigenvalue weighted by molar-refractivity contribution is -0.117. The van der Waals surface area contributed by atoms with Crippen molar-refractivity contribution in [1.29, 1.82) is 0 Å². The van der Waals surface area contributed by atoms with Crippen LogP contribution in [0.2, 0.25) is 0 Å². The average Bonchev–Trinajstić information content (AvgIpc) is 2.20. The van der Waals surface area contributed by atoms with Gasteiger partial charge in [-0.2, -0.15) is 0 Å². The third kappa shape index (κ3) is 4.53. The lowest BCUT2D eigenvalue weighted by Crippen LogP contribution is -2.38. The molecule has 0 bridgehead atoms. The van der Waals surface area contributed by atoms with Gasteiger partial charge in [0.1, 0.15) is 0 Å². The standard InChI is InChI=1S/C13H21N3O/c1-9-5-6-10(8-15-9)16-12(17)7-11(14)13(2,3)4/h5-6,8,11H,7,14H2,1-4H3,(H,16,17). The van der Waals surface area contributed by atoms with E-state index in [9.17, 15) is 4.79 Å². The molecule has 94 valence electrons. The largest absolute Gasteiger partial charge is 0.327 e. The van der Waals surface area contributed by atoms with Crippen molar-refractivity contribution in [3.63, 3.8) is 0 Å². The number of nitrogens with two attached hydrogens (primary N) is 1. The molecule has 0 saturated carbocycles. The number of carbonyl (C=O) groups excluding carboxylic acids is 1. The zero-order chi connectivity index (χ0) is 13.1. The average molecular weight is 235 g/mol. The van der Waals surface area contributed by atoms with Crippen LogP contribution in [0.1, 0.15) is 32.9 Å². The summed E-state index contributed by atoms with van der Waals surface area (Å²) in [6, 6.07) is 3.54. The fraction of sp³-hybridized carbons (Fsp3) is 0.538. The van der Waals surface area contributed by atoms with Crippen molar-refractivity contribution in [2.24, 2.45) is 11.1 Å². The Morgan fingerprint density at radius 3 is 2.59 bits per heavy atom. The molecule has 1 unspecified atom stereocenters. The molecule has 1 aromatic heterocycles. The van der Waals surface area contributed by atoms with E-state index in [4.69, 9.17) is 5.73 Å². The van der Waals surface area contributed by atoms with Gasteiger partial charge in [-0.25, -0.2) is 0 Å². The van der Waals surface area contributed by atoms with Crippen LogP contribution in [0, 0.1) is 12.3 Å². The van der Waals surface area contributed by atoms with Crippen LogP contribution in [0.4, 0.5) is 5.69 Å². The van der Waals surface area contributed by atoms with E-state index in [1.54, 1.807) is 6.20 Å². The van der Waals surface area contributed by atoms with Crippen LogP contribution in [0.5, 0.6) is 0 Å². The molecule has 1 aromatic rings. The van der Waals surface area contributed by atoms with E-state index in [0.717, 1.165) is 5.69 Å². The lowest BCUT2D eigenvalue weighted by Gasteiger charge is -2.26. The Morgan fingerprint density at radius 2 is 2.12 bits per heavy atom. The smallest absolute Gasteiger partial charge is 0.225 e. The summed E-state index contributed by atoms with van der Waals surface area (Å²) in [5.41, 5.74) is 7.52. The predicted octanol–water partition coefficient (Wildman–Crippen LogP) is 2.09. The van der Waals surface area contributed by atoms with E-state index in [0.29, 0.717) is 12.1 Å². The first kappa shape index (κ1) is 13.6. The molecule has 1 amide bonds. The minimum absolute atomic E-state index is 0.0666. The van der Waals surface area contributed by atoms with Crippen LogP contribution in [0.3, 0.4) is 0 Å². The van der Waals surface area contributed by atoms with Gasteiger partial charge in [-0.15, -0.1) is 0 Å². The second kappa shape index (κ2) is 5.27. The predicted molar refractivity (Wildman–Crippen MR) is 69.7 cm³/mol. The van der Waals surface area contributed by atoms with Gasteiger partial charge >= 0.3 is 0 Å². The van der Waals surface area contributed by atoms with Crippen molar-refractivity contribution >= 4 is 11.6 Å². The maximum Gasteiger partial charge on any atom is 0.225 e. The molecule has 0 aliphatic heterocycles. The van der Waals surface area contributed by atoms with Crippen LogP contribution in [0.25, 0.3) is 0 Å². The summed E-state index contributed by atoms with van der Waals surface area (Å²) < 4.78 is 0. The van der Waals surface area contributed by atoms with E-state index in [1.807, 2.05) is 39.8 Å². The number of amides is 1. The molecule has 0 spiro atoms. The first-order chi connectivity index (χ1) is 7.79. The summed E-state index contributed by atoms with van der Waals surface area (Å²) in [4.78, 5) is 15.8. The normalized spacial score (nSPS) is 13.2.